The van der Waals surface area contributed by atoms with Crippen molar-refractivity contribution in [1.82, 2.24) is 4.98 Å². The summed E-state index contributed by atoms with van der Waals surface area (Å²) in [7, 11) is 0. The van der Waals surface area contributed by atoms with E-state index in [9.17, 15) is 0 Å². The van der Waals surface area contributed by atoms with Crippen molar-refractivity contribution in [3.63, 3.8) is 0 Å². The molecule has 0 bridgehead atoms. The number of alkyl halides is 1. The highest BCUT2D eigenvalue weighted by Crippen LogP contribution is 2.54. The molecule has 0 aliphatic heterocycles. The maximum Gasteiger partial charge on any atom is 0.0621 e. The zero-order valence-corrected chi connectivity index (χ0v) is 12.9. The summed E-state index contributed by atoms with van der Waals surface area (Å²) >= 11 is 10.1. The number of aromatic nitrogens is 1. The van der Waals surface area contributed by atoms with E-state index in [1.807, 2.05) is 12.3 Å². The lowest BCUT2D eigenvalue weighted by atomic mass is 9.89. The standard InChI is InChI=1S/C16H15BrClN/c17-15(10-12-6-9-19-11-14(12)18)16(7-8-16)13-4-2-1-3-5-13/h1-6,9,11,15H,7-8,10H2. The van der Waals surface area contributed by atoms with Crippen molar-refractivity contribution in [3.05, 3.63) is 64.9 Å². The van der Waals surface area contributed by atoms with Gasteiger partial charge in [0.2, 0.25) is 0 Å². The van der Waals surface area contributed by atoms with Gasteiger partial charge in [-0.05, 0) is 36.5 Å². The molecule has 3 rings (SSSR count). The molecule has 1 fully saturated rings. The molecule has 1 aromatic carbocycles. The summed E-state index contributed by atoms with van der Waals surface area (Å²) < 4.78 is 0. The minimum absolute atomic E-state index is 0.286. The molecule has 98 valence electrons. The molecule has 0 radical (unpaired) electrons. The van der Waals surface area contributed by atoms with Gasteiger partial charge in [-0.1, -0.05) is 57.9 Å². The first-order valence-corrected chi connectivity index (χ1v) is 7.80. The fourth-order valence-corrected chi connectivity index (χ4v) is 3.91. The highest BCUT2D eigenvalue weighted by molar-refractivity contribution is 9.09. The van der Waals surface area contributed by atoms with E-state index in [2.05, 4.69) is 51.2 Å². The first-order chi connectivity index (χ1) is 9.22. The van der Waals surface area contributed by atoms with Crippen LogP contribution in [0.25, 0.3) is 0 Å². The predicted octanol–water partition coefficient (Wildman–Crippen LogP) is 4.77. The Morgan fingerprint density at radius 2 is 1.95 bits per heavy atom. The molecule has 19 heavy (non-hydrogen) atoms. The van der Waals surface area contributed by atoms with Crippen LogP contribution in [0.3, 0.4) is 0 Å². The van der Waals surface area contributed by atoms with Crippen molar-refractivity contribution in [2.24, 2.45) is 0 Å². The number of nitrogens with zero attached hydrogens (tertiary/aromatic N) is 1. The van der Waals surface area contributed by atoms with E-state index in [0.29, 0.717) is 4.83 Å². The summed E-state index contributed by atoms with van der Waals surface area (Å²) in [4.78, 5) is 4.46. The summed E-state index contributed by atoms with van der Waals surface area (Å²) in [6.45, 7) is 0. The monoisotopic (exact) mass is 335 g/mol. The zero-order chi connectivity index (χ0) is 13.3. The van der Waals surface area contributed by atoms with E-state index in [1.54, 1.807) is 6.20 Å². The number of benzene rings is 1. The molecule has 3 heteroatoms. The fourth-order valence-electron chi connectivity index (χ4n) is 2.65. The third-order valence-electron chi connectivity index (χ3n) is 3.99. The molecule has 1 unspecified atom stereocenters. The zero-order valence-electron chi connectivity index (χ0n) is 10.5. The Labute approximate surface area is 127 Å². The second kappa shape index (κ2) is 5.26. The van der Waals surface area contributed by atoms with Gasteiger partial charge in [0, 0.05) is 22.6 Å². The lowest BCUT2D eigenvalue weighted by molar-refractivity contribution is 0.647. The van der Waals surface area contributed by atoms with Crippen LogP contribution in [0.2, 0.25) is 5.02 Å². The minimum atomic E-state index is 0.286. The molecule has 0 saturated heterocycles. The van der Waals surface area contributed by atoms with Crippen LogP contribution in [0.15, 0.2) is 48.8 Å². The minimum Gasteiger partial charge on any atom is -0.263 e. The van der Waals surface area contributed by atoms with Crippen molar-refractivity contribution in [3.8, 4) is 0 Å². The predicted molar refractivity (Wildman–Crippen MR) is 83.0 cm³/mol. The van der Waals surface area contributed by atoms with Gasteiger partial charge in [-0.2, -0.15) is 0 Å². The number of halogens is 2. The maximum absolute atomic E-state index is 6.20. The van der Waals surface area contributed by atoms with Crippen molar-refractivity contribution >= 4 is 27.5 Å². The highest BCUT2D eigenvalue weighted by Gasteiger charge is 2.49. The van der Waals surface area contributed by atoms with Crippen molar-refractivity contribution in [2.75, 3.05) is 0 Å². The van der Waals surface area contributed by atoms with Gasteiger partial charge in [-0.15, -0.1) is 0 Å². The van der Waals surface area contributed by atoms with Gasteiger partial charge in [0.1, 0.15) is 0 Å². The van der Waals surface area contributed by atoms with Gasteiger partial charge in [-0.25, -0.2) is 0 Å². The van der Waals surface area contributed by atoms with Crippen LogP contribution in [0.1, 0.15) is 24.0 Å². The van der Waals surface area contributed by atoms with Crippen LogP contribution in [-0.2, 0) is 11.8 Å². The lowest BCUT2D eigenvalue weighted by Gasteiger charge is -2.23. The molecule has 2 aromatic rings. The average Bonchev–Trinajstić information content (AvgIpc) is 3.24. The molecule has 1 heterocycles. The van der Waals surface area contributed by atoms with E-state index in [0.717, 1.165) is 11.4 Å². The van der Waals surface area contributed by atoms with Gasteiger partial charge >= 0.3 is 0 Å². The topological polar surface area (TPSA) is 12.9 Å². The summed E-state index contributed by atoms with van der Waals surface area (Å²) in [6, 6.07) is 12.8. The Kier molecular flexibility index (Phi) is 3.64. The second-order valence-corrected chi connectivity index (χ2v) is 6.67. The van der Waals surface area contributed by atoms with Gasteiger partial charge < -0.3 is 0 Å². The normalized spacial score (nSPS) is 18.0. The van der Waals surface area contributed by atoms with E-state index in [4.69, 9.17) is 11.6 Å². The Balaban J connectivity index is 1.82. The second-order valence-electron chi connectivity index (χ2n) is 5.16. The van der Waals surface area contributed by atoms with Crippen LogP contribution in [-0.4, -0.2) is 9.81 Å². The SMILES string of the molecule is Clc1cnccc1CC(Br)C1(c2ccccc2)CC1. The first kappa shape index (κ1) is 13.1. The third-order valence-corrected chi connectivity index (χ3v) is 5.53. The Bertz CT molecular complexity index is 566. The summed E-state index contributed by atoms with van der Waals surface area (Å²) in [5, 5.41) is 0.760. The third kappa shape index (κ3) is 2.56. The smallest absolute Gasteiger partial charge is 0.0621 e. The highest BCUT2D eigenvalue weighted by atomic mass is 79.9. The van der Waals surface area contributed by atoms with Crippen LogP contribution >= 0.6 is 27.5 Å². The molecule has 1 atom stereocenters. The molecule has 1 aromatic heterocycles. The van der Waals surface area contributed by atoms with Crippen molar-refractivity contribution in [1.29, 1.82) is 0 Å². The molecule has 1 aliphatic carbocycles. The van der Waals surface area contributed by atoms with Crippen LogP contribution < -0.4 is 0 Å². The van der Waals surface area contributed by atoms with Crippen LogP contribution in [0, 0.1) is 0 Å². The van der Waals surface area contributed by atoms with Crippen molar-refractivity contribution in [2.45, 2.75) is 29.5 Å². The summed E-state index contributed by atoms with van der Waals surface area (Å²) in [5.74, 6) is 0. The quantitative estimate of drug-likeness (QED) is 0.733. The lowest BCUT2D eigenvalue weighted by Crippen LogP contribution is -2.22. The molecular formula is C16H15BrClN. The van der Waals surface area contributed by atoms with E-state index >= 15 is 0 Å². The Hall–Kier alpha value is -0.860. The molecule has 1 aliphatic rings. The fraction of sp³-hybridized carbons (Fsp3) is 0.312. The van der Waals surface area contributed by atoms with Crippen molar-refractivity contribution < 1.29 is 0 Å². The molecule has 0 amide bonds. The number of rotatable bonds is 4. The Morgan fingerprint density at radius 1 is 1.21 bits per heavy atom. The summed E-state index contributed by atoms with van der Waals surface area (Å²) in [5.41, 5.74) is 2.89. The van der Waals surface area contributed by atoms with Gasteiger partial charge in [0.05, 0.1) is 5.02 Å². The van der Waals surface area contributed by atoms with Crippen LogP contribution in [0.5, 0.6) is 0 Å². The van der Waals surface area contributed by atoms with E-state index in [1.165, 1.54) is 24.0 Å². The Morgan fingerprint density at radius 3 is 2.58 bits per heavy atom. The van der Waals surface area contributed by atoms with Gasteiger partial charge in [0.15, 0.2) is 0 Å². The van der Waals surface area contributed by atoms with E-state index in [-0.39, 0.29) is 5.41 Å². The molecular weight excluding hydrogens is 322 g/mol. The molecule has 1 nitrogen and oxygen atoms in total. The molecule has 1 saturated carbocycles. The molecule has 0 spiro atoms. The largest absolute Gasteiger partial charge is 0.263 e. The summed E-state index contributed by atoms with van der Waals surface area (Å²) in [6.07, 6.45) is 6.96. The molecule has 0 N–H and O–H groups in total. The average molecular weight is 337 g/mol. The van der Waals surface area contributed by atoms with Gasteiger partial charge in [-0.3, -0.25) is 4.98 Å². The first-order valence-electron chi connectivity index (χ1n) is 6.50. The van der Waals surface area contributed by atoms with Gasteiger partial charge in [0.25, 0.3) is 0 Å². The van der Waals surface area contributed by atoms with Crippen LogP contribution in [0.4, 0.5) is 0 Å². The number of hydrogen-bond donors (Lipinski definition) is 0. The maximum atomic E-state index is 6.20. The number of pyridine rings is 1. The van der Waals surface area contributed by atoms with E-state index < -0.39 is 0 Å². The number of hydrogen-bond acceptors (Lipinski definition) is 1.